The zero-order chi connectivity index (χ0) is 18.5. The molecule has 5 heteroatoms. The van der Waals surface area contributed by atoms with Crippen LogP contribution in [0.3, 0.4) is 0 Å². The van der Waals surface area contributed by atoms with Crippen molar-refractivity contribution in [1.29, 1.82) is 0 Å². The number of esters is 2. The largest absolute Gasteiger partial charge is 0.461 e. The van der Waals surface area contributed by atoms with Crippen molar-refractivity contribution in [3.05, 3.63) is 34.9 Å². The molecule has 0 bridgehead atoms. The van der Waals surface area contributed by atoms with Gasteiger partial charge in [-0.25, -0.2) is 4.79 Å². The summed E-state index contributed by atoms with van der Waals surface area (Å²) in [6.07, 6.45) is 1.63. The van der Waals surface area contributed by atoms with E-state index in [0.717, 1.165) is 11.1 Å². The first kappa shape index (κ1) is 17.6. The summed E-state index contributed by atoms with van der Waals surface area (Å²) in [5.41, 5.74) is 2.78. The maximum absolute atomic E-state index is 12.4. The van der Waals surface area contributed by atoms with Crippen molar-refractivity contribution in [2.45, 2.75) is 52.7 Å². The van der Waals surface area contributed by atoms with Crippen molar-refractivity contribution in [3.63, 3.8) is 0 Å². The Morgan fingerprint density at radius 3 is 2.72 bits per heavy atom. The smallest absolute Gasteiger partial charge is 0.334 e. The normalized spacial score (nSPS) is 32.6. The van der Waals surface area contributed by atoms with E-state index in [-0.39, 0.29) is 23.6 Å². The fourth-order valence-electron chi connectivity index (χ4n) is 4.06. The van der Waals surface area contributed by atoms with Gasteiger partial charge in [0.15, 0.2) is 5.78 Å². The second-order valence-corrected chi connectivity index (χ2v) is 7.33. The lowest BCUT2D eigenvalue weighted by atomic mass is 9.82. The van der Waals surface area contributed by atoms with Gasteiger partial charge in [-0.2, -0.15) is 0 Å². The maximum atomic E-state index is 12.4. The number of hydrogen-bond donors (Lipinski definition) is 0. The van der Waals surface area contributed by atoms with Crippen molar-refractivity contribution in [2.24, 2.45) is 17.8 Å². The summed E-state index contributed by atoms with van der Waals surface area (Å²) in [5.74, 6) is -1.71. The molecule has 1 saturated heterocycles. The molecule has 0 amide bonds. The number of rotatable bonds is 3. The third-order valence-electron chi connectivity index (χ3n) is 5.67. The summed E-state index contributed by atoms with van der Waals surface area (Å²) in [7, 11) is 0. The highest BCUT2D eigenvalue weighted by Crippen LogP contribution is 2.48. The number of carbonyl (C=O) groups is 3. The minimum atomic E-state index is -0.538. The Morgan fingerprint density at radius 2 is 2.08 bits per heavy atom. The quantitative estimate of drug-likeness (QED) is 0.581. The van der Waals surface area contributed by atoms with Crippen LogP contribution in [-0.4, -0.2) is 29.9 Å². The molecule has 2 aliphatic carbocycles. The van der Waals surface area contributed by atoms with E-state index in [1.54, 1.807) is 6.08 Å². The summed E-state index contributed by atoms with van der Waals surface area (Å²) in [6.45, 7) is 11.4. The minimum Gasteiger partial charge on any atom is -0.461 e. The molecule has 1 fully saturated rings. The van der Waals surface area contributed by atoms with Crippen molar-refractivity contribution in [1.82, 2.24) is 0 Å². The van der Waals surface area contributed by atoms with Gasteiger partial charge in [-0.3, -0.25) is 9.59 Å². The van der Waals surface area contributed by atoms with Gasteiger partial charge >= 0.3 is 11.9 Å². The molecule has 134 valence electrons. The number of fused-ring (bicyclic) bond motifs is 3. The predicted molar refractivity (Wildman–Crippen MR) is 91.4 cm³/mol. The second kappa shape index (κ2) is 6.28. The zero-order valence-corrected chi connectivity index (χ0v) is 15.1. The van der Waals surface area contributed by atoms with Gasteiger partial charge in [0.1, 0.15) is 12.2 Å². The first-order valence-corrected chi connectivity index (χ1v) is 8.78. The Kier molecular flexibility index (Phi) is 4.43. The monoisotopic (exact) mass is 344 g/mol. The zero-order valence-electron chi connectivity index (χ0n) is 15.1. The Morgan fingerprint density at radius 1 is 1.40 bits per heavy atom. The molecule has 5 atom stereocenters. The summed E-state index contributed by atoms with van der Waals surface area (Å²) in [4.78, 5) is 36.9. The van der Waals surface area contributed by atoms with E-state index in [9.17, 15) is 14.4 Å². The summed E-state index contributed by atoms with van der Waals surface area (Å²) < 4.78 is 11.3. The van der Waals surface area contributed by atoms with Gasteiger partial charge in [-0.15, -0.1) is 0 Å². The van der Waals surface area contributed by atoms with E-state index in [1.165, 1.54) is 0 Å². The Labute approximate surface area is 147 Å². The average molecular weight is 344 g/mol. The lowest BCUT2D eigenvalue weighted by molar-refractivity contribution is -0.157. The summed E-state index contributed by atoms with van der Waals surface area (Å²) in [6, 6.07) is 0. The molecule has 3 rings (SSSR count). The third-order valence-corrected chi connectivity index (χ3v) is 5.67. The Hall–Kier alpha value is -2.17. The molecule has 1 unspecified atom stereocenters. The number of ether oxygens (including phenoxy) is 2. The maximum Gasteiger partial charge on any atom is 0.334 e. The van der Waals surface area contributed by atoms with E-state index < -0.39 is 24.1 Å². The number of ketones is 1. The molecule has 0 aromatic heterocycles. The van der Waals surface area contributed by atoms with Gasteiger partial charge in [0.2, 0.25) is 0 Å². The van der Waals surface area contributed by atoms with Crippen LogP contribution in [0.4, 0.5) is 0 Å². The van der Waals surface area contributed by atoms with Crippen LogP contribution >= 0.6 is 0 Å². The van der Waals surface area contributed by atoms with Crippen LogP contribution in [0.25, 0.3) is 0 Å². The van der Waals surface area contributed by atoms with Crippen molar-refractivity contribution in [3.8, 4) is 0 Å². The van der Waals surface area contributed by atoms with Crippen LogP contribution < -0.4 is 0 Å². The predicted octanol–water partition coefficient (Wildman–Crippen LogP) is 2.91. The summed E-state index contributed by atoms with van der Waals surface area (Å²) >= 11 is 0. The van der Waals surface area contributed by atoms with Crippen molar-refractivity contribution >= 4 is 17.7 Å². The average Bonchev–Trinajstić information content (AvgIpc) is 2.96. The van der Waals surface area contributed by atoms with Gasteiger partial charge in [-0.1, -0.05) is 31.6 Å². The van der Waals surface area contributed by atoms with Crippen LogP contribution in [0.15, 0.2) is 34.9 Å². The van der Waals surface area contributed by atoms with E-state index in [2.05, 4.69) is 6.58 Å². The van der Waals surface area contributed by atoms with Crippen LogP contribution in [0.5, 0.6) is 0 Å². The van der Waals surface area contributed by atoms with Gasteiger partial charge < -0.3 is 9.47 Å². The molecular weight excluding hydrogens is 320 g/mol. The molecule has 0 aromatic rings. The SMILES string of the molecule is C=C1C(=O)O[C@@H]2[C@H]3C(C)=CC(=O)C3=C(C)C[C@H](OC(=O)C(C)CC)[C@@H]12. The van der Waals surface area contributed by atoms with Gasteiger partial charge in [0.05, 0.1) is 11.8 Å². The minimum absolute atomic E-state index is 0.0405. The molecule has 0 spiro atoms. The standard InChI is InChI=1S/C20H24O5/c1-6-9(2)19(22)24-14-8-11(4)15-13(21)7-10(3)16(15)18-17(14)12(5)20(23)25-18/h7,9,14,16-18H,5-6,8H2,1-4H3/t9?,14-,16-,17+,18+/m0/s1. The number of carbonyl (C=O) groups excluding carboxylic acids is 3. The highest BCUT2D eigenvalue weighted by atomic mass is 16.6. The Bertz CT molecular complexity index is 726. The molecule has 0 aromatic carbocycles. The lowest BCUT2D eigenvalue weighted by Crippen LogP contribution is -2.36. The fourth-order valence-corrected chi connectivity index (χ4v) is 4.06. The molecule has 0 radical (unpaired) electrons. The van der Waals surface area contributed by atoms with Crippen LogP contribution in [0, 0.1) is 17.8 Å². The molecular formula is C20H24O5. The molecule has 25 heavy (non-hydrogen) atoms. The van der Waals surface area contributed by atoms with Crippen LogP contribution in [0.2, 0.25) is 0 Å². The van der Waals surface area contributed by atoms with E-state index in [1.807, 2.05) is 27.7 Å². The molecule has 1 heterocycles. The summed E-state index contributed by atoms with van der Waals surface area (Å²) in [5, 5.41) is 0. The Balaban J connectivity index is 2.01. The lowest BCUT2D eigenvalue weighted by Gasteiger charge is -2.28. The number of allylic oxidation sites excluding steroid dienone is 1. The van der Waals surface area contributed by atoms with Gasteiger partial charge in [0, 0.05) is 23.5 Å². The van der Waals surface area contributed by atoms with Crippen molar-refractivity contribution < 1.29 is 23.9 Å². The van der Waals surface area contributed by atoms with Gasteiger partial charge in [-0.05, 0) is 26.3 Å². The molecule has 0 N–H and O–H groups in total. The topological polar surface area (TPSA) is 69.7 Å². The van der Waals surface area contributed by atoms with Crippen molar-refractivity contribution in [2.75, 3.05) is 0 Å². The highest BCUT2D eigenvalue weighted by molar-refractivity contribution is 6.09. The van der Waals surface area contributed by atoms with E-state index in [0.29, 0.717) is 24.0 Å². The third kappa shape index (κ3) is 2.75. The molecule has 0 saturated carbocycles. The van der Waals surface area contributed by atoms with E-state index in [4.69, 9.17) is 9.47 Å². The van der Waals surface area contributed by atoms with E-state index >= 15 is 0 Å². The van der Waals surface area contributed by atoms with Gasteiger partial charge in [0.25, 0.3) is 0 Å². The first-order chi connectivity index (χ1) is 11.8. The fraction of sp³-hybridized carbons (Fsp3) is 0.550. The van der Waals surface area contributed by atoms with Crippen LogP contribution in [-0.2, 0) is 23.9 Å². The number of hydrogen-bond acceptors (Lipinski definition) is 5. The van der Waals surface area contributed by atoms with Crippen LogP contribution in [0.1, 0.15) is 40.5 Å². The second-order valence-electron chi connectivity index (χ2n) is 7.33. The molecule has 1 aliphatic heterocycles. The first-order valence-electron chi connectivity index (χ1n) is 8.78. The molecule has 5 nitrogen and oxygen atoms in total. The molecule has 3 aliphatic rings. The highest BCUT2D eigenvalue weighted by Gasteiger charge is 2.53.